The average molecular weight is 740 g/mol. The number of Topliss-reactive ketones (excluding diaryl/α,β-unsaturated/α-hetero) is 1. The first-order valence-electron chi connectivity index (χ1n) is 17.4. The lowest BCUT2D eigenvalue weighted by atomic mass is 9.86. The van der Waals surface area contributed by atoms with Gasteiger partial charge in [0.15, 0.2) is 5.78 Å². The molecule has 11 heteroatoms. The molecule has 1 fully saturated rings. The van der Waals surface area contributed by atoms with Crippen molar-refractivity contribution in [3.63, 3.8) is 0 Å². The number of para-hydroxylation sites is 1. The maximum Gasteiger partial charge on any atom is 0.416 e. The van der Waals surface area contributed by atoms with Crippen LogP contribution < -0.4 is 15.0 Å². The maximum absolute atomic E-state index is 13.1. The number of ketones is 1. The lowest BCUT2D eigenvalue weighted by Crippen LogP contribution is -2.43. The number of fused-ring (bicyclic) bond motifs is 1. The van der Waals surface area contributed by atoms with Gasteiger partial charge in [-0.2, -0.15) is 13.2 Å². The summed E-state index contributed by atoms with van der Waals surface area (Å²) in [6, 6.07) is 28.3. The van der Waals surface area contributed by atoms with E-state index >= 15 is 0 Å². The third kappa shape index (κ3) is 9.99. The fraction of sp³-hybridized carbons (Fsp3) is 0.366. The minimum atomic E-state index is -4.33. The van der Waals surface area contributed by atoms with E-state index in [1.54, 1.807) is 12.1 Å². The van der Waals surface area contributed by atoms with Gasteiger partial charge in [-0.3, -0.25) is 9.59 Å². The molecule has 0 radical (unpaired) electrons. The van der Waals surface area contributed by atoms with Crippen LogP contribution in [0.2, 0.25) is 0 Å². The zero-order valence-corrected chi connectivity index (χ0v) is 30.5. The molecule has 1 saturated heterocycles. The molecule has 0 aliphatic carbocycles. The number of alkyl halides is 3. The third-order valence-electron chi connectivity index (χ3n) is 9.66. The Labute approximate surface area is 309 Å². The van der Waals surface area contributed by atoms with E-state index in [0.29, 0.717) is 17.9 Å². The minimum absolute atomic E-state index is 0. The summed E-state index contributed by atoms with van der Waals surface area (Å²) in [5.74, 6) is 0.357. The summed E-state index contributed by atoms with van der Waals surface area (Å²) >= 11 is 0. The van der Waals surface area contributed by atoms with Crippen LogP contribution in [-0.2, 0) is 16.4 Å². The number of rotatable bonds is 11. The number of carbonyl (C=O) groups excluding carboxylic acids is 2. The number of hydrogen-bond donors (Lipinski definition) is 1. The number of nitrogens with zero attached hydrogens (tertiary/aromatic N) is 2. The maximum atomic E-state index is 13.1. The molecule has 1 amide bonds. The van der Waals surface area contributed by atoms with Crippen molar-refractivity contribution in [1.29, 1.82) is 0 Å². The molecule has 0 spiro atoms. The van der Waals surface area contributed by atoms with Crippen molar-refractivity contribution in [2.45, 2.75) is 50.8 Å². The molecule has 0 aromatic heterocycles. The number of amides is 1. The van der Waals surface area contributed by atoms with Gasteiger partial charge in [0.1, 0.15) is 17.7 Å². The summed E-state index contributed by atoms with van der Waals surface area (Å²) in [5.41, 5.74) is 2.54. The van der Waals surface area contributed by atoms with Crippen LogP contribution in [-0.4, -0.2) is 56.4 Å². The van der Waals surface area contributed by atoms with Crippen LogP contribution in [0.3, 0.4) is 0 Å². The van der Waals surface area contributed by atoms with Crippen molar-refractivity contribution >= 4 is 29.8 Å². The second kappa shape index (κ2) is 18.0. The molecular weight excluding hydrogens is 694 g/mol. The van der Waals surface area contributed by atoms with Gasteiger partial charge in [0, 0.05) is 36.7 Å². The van der Waals surface area contributed by atoms with Crippen molar-refractivity contribution in [1.82, 2.24) is 10.2 Å². The summed E-state index contributed by atoms with van der Waals surface area (Å²) in [4.78, 5) is 29.8. The lowest BCUT2D eigenvalue weighted by molar-refractivity contribution is -0.137. The highest BCUT2D eigenvalue weighted by Crippen LogP contribution is 2.41. The second-order valence-electron chi connectivity index (χ2n) is 13.5. The number of anilines is 1. The van der Waals surface area contributed by atoms with Gasteiger partial charge in [0.2, 0.25) is 5.91 Å². The first kappa shape index (κ1) is 40.5. The Kier molecular flexibility index (Phi) is 14.0. The molecule has 52 heavy (non-hydrogen) atoms. The zero-order valence-electron chi connectivity index (χ0n) is 29.7. The van der Waals surface area contributed by atoms with Crippen molar-refractivity contribution in [2.75, 3.05) is 44.7 Å². The molecule has 6 rings (SSSR count). The van der Waals surface area contributed by atoms with Crippen LogP contribution in [0.25, 0.3) is 0 Å². The predicted octanol–water partition coefficient (Wildman–Crippen LogP) is 8.90. The molecule has 0 bridgehead atoms. The highest BCUT2D eigenvalue weighted by atomic mass is 35.5. The van der Waals surface area contributed by atoms with Gasteiger partial charge < -0.3 is 19.9 Å². The fourth-order valence-electron chi connectivity index (χ4n) is 6.66. The number of nitrogens with one attached hydrogen (secondary N) is 1. The Bertz CT molecular complexity index is 1740. The number of ether oxygens (including phenoxy) is 1. The molecule has 2 aliphatic heterocycles. The zero-order chi connectivity index (χ0) is 36.6. The summed E-state index contributed by atoms with van der Waals surface area (Å²) in [7, 11) is 1.85. The quantitative estimate of drug-likeness (QED) is 0.123. The van der Waals surface area contributed by atoms with Gasteiger partial charge in [-0.15, -0.1) is 12.4 Å². The van der Waals surface area contributed by atoms with E-state index < -0.39 is 17.2 Å². The average Bonchev–Trinajstić information content (AvgIpc) is 3.33. The smallest absolute Gasteiger partial charge is 0.416 e. The van der Waals surface area contributed by atoms with Crippen LogP contribution >= 0.6 is 12.4 Å². The number of likely N-dealkylation sites (tertiary alicyclic amines) is 1. The Hall–Kier alpha value is -4.25. The number of hydrogen-bond acceptors (Lipinski definition) is 5. The SMILES string of the molecule is CC1(C)C(=O)N(CCN2CCC(C(=O)c3ccc(F)cc3)CC2)c2ccccc21.CNCCC(Oc1ccc(C(F)(F)F)cc1)c1ccccc1.Cl. The number of carbonyl (C=O) groups is 2. The van der Waals surface area contributed by atoms with Crippen LogP contribution in [0, 0.1) is 11.7 Å². The molecule has 2 heterocycles. The largest absolute Gasteiger partial charge is 0.486 e. The van der Waals surface area contributed by atoms with Crippen molar-refractivity contribution in [3.05, 3.63) is 131 Å². The van der Waals surface area contributed by atoms with E-state index in [0.717, 1.165) is 74.4 Å². The van der Waals surface area contributed by atoms with E-state index in [1.807, 2.05) is 80.4 Å². The van der Waals surface area contributed by atoms with Crippen LogP contribution in [0.1, 0.15) is 66.3 Å². The molecule has 0 saturated carbocycles. The lowest BCUT2D eigenvalue weighted by Gasteiger charge is -2.32. The monoisotopic (exact) mass is 739 g/mol. The first-order chi connectivity index (χ1) is 24.4. The molecule has 278 valence electrons. The standard InChI is InChI=1S/C24H27FN2O2.C17H18F3NO.ClH/c1-24(2)20-5-3-4-6-21(20)27(23(24)29)16-15-26-13-11-18(12-14-26)22(28)17-7-9-19(25)10-8-17;1-21-12-11-16(13-5-3-2-4-6-13)22-15-9-7-14(8-10-15)17(18,19)20;/h3-10,18H,11-16H2,1-2H3;2-10,16,21H,11-12H2,1H3;1H. The minimum Gasteiger partial charge on any atom is -0.486 e. The molecule has 1 atom stereocenters. The molecule has 2 aliphatic rings. The van der Waals surface area contributed by atoms with Crippen LogP contribution in [0.15, 0.2) is 103 Å². The van der Waals surface area contributed by atoms with Crippen LogP contribution in [0.4, 0.5) is 23.2 Å². The molecule has 4 aromatic rings. The Morgan fingerprint density at radius 3 is 2.12 bits per heavy atom. The Morgan fingerprint density at radius 2 is 1.50 bits per heavy atom. The fourth-order valence-corrected chi connectivity index (χ4v) is 6.66. The number of piperidine rings is 1. The van der Waals surface area contributed by atoms with E-state index in [4.69, 9.17) is 4.74 Å². The molecule has 6 nitrogen and oxygen atoms in total. The van der Waals surface area contributed by atoms with Crippen molar-refractivity contribution < 1.29 is 31.9 Å². The molecule has 1 unspecified atom stereocenters. The van der Waals surface area contributed by atoms with Gasteiger partial charge in [0.25, 0.3) is 0 Å². The summed E-state index contributed by atoms with van der Waals surface area (Å²) < 4.78 is 56.6. The van der Waals surface area contributed by atoms with Crippen LogP contribution in [0.5, 0.6) is 5.75 Å². The van der Waals surface area contributed by atoms with Gasteiger partial charge in [-0.25, -0.2) is 4.39 Å². The van der Waals surface area contributed by atoms with E-state index in [2.05, 4.69) is 10.2 Å². The van der Waals surface area contributed by atoms with Crippen molar-refractivity contribution in [2.24, 2.45) is 5.92 Å². The Morgan fingerprint density at radius 1 is 0.885 bits per heavy atom. The third-order valence-corrected chi connectivity index (χ3v) is 9.66. The summed E-state index contributed by atoms with van der Waals surface area (Å²) in [6.07, 6.45) is -2.21. The van der Waals surface area contributed by atoms with E-state index in [-0.39, 0.29) is 41.9 Å². The predicted molar refractivity (Wildman–Crippen MR) is 199 cm³/mol. The van der Waals surface area contributed by atoms with E-state index in [9.17, 15) is 27.2 Å². The van der Waals surface area contributed by atoms with E-state index in [1.165, 1.54) is 24.3 Å². The molecule has 1 N–H and O–H groups in total. The molecular formula is C41H46ClF4N3O3. The van der Waals surface area contributed by atoms with Crippen molar-refractivity contribution in [3.8, 4) is 5.75 Å². The topological polar surface area (TPSA) is 61.9 Å². The number of benzene rings is 4. The van der Waals surface area contributed by atoms with Gasteiger partial charge in [0.05, 0.1) is 11.0 Å². The number of halogens is 5. The Balaban J connectivity index is 0.000000237. The highest BCUT2D eigenvalue weighted by molar-refractivity contribution is 6.07. The second-order valence-corrected chi connectivity index (χ2v) is 13.5. The van der Waals surface area contributed by atoms with Gasteiger partial charge in [-0.1, -0.05) is 48.5 Å². The normalized spacial score (nSPS) is 16.3. The highest BCUT2D eigenvalue weighted by Gasteiger charge is 2.43. The van der Waals surface area contributed by atoms with Gasteiger partial charge >= 0.3 is 6.18 Å². The summed E-state index contributed by atoms with van der Waals surface area (Å²) in [6.45, 7) is 7.86. The first-order valence-corrected chi connectivity index (χ1v) is 17.4. The summed E-state index contributed by atoms with van der Waals surface area (Å²) in [5, 5.41) is 3.05. The molecule has 4 aromatic carbocycles. The van der Waals surface area contributed by atoms with Gasteiger partial charge in [-0.05, 0) is 119 Å².